The van der Waals surface area contributed by atoms with E-state index in [4.69, 9.17) is 0 Å². The average Bonchev–Trinajstić information content (AvgIpc) is 2.65. The van der Waals surface area contributed by atoms with Crippen molar-refractivity contribution in [2.45, 2.75) is 57.2 Å². The summed E-state index contributed by atoms with van der Waals surface area (Å²) in [5.74, 6) is 0. The van der Waals surface area contributed by atoms with Crippen molar-refractivity contribution < 1.29 is 5.11 Å². The number of aliphatic hydroxyl groups is 1. The standard InChI is InChI=1S/C10H19NO/c1-2-10(12)7-11-8-3-4-9(11)6-5-8/h8-10,12H,2-7H2,1H3/t8?,9?,10-/m1/s1. The molecular weight excluding hydrogens is 150 g/mol. The largest absolute Gasteiger partial charge is 0.392 e. The highest BCUT2D eigenvalue weighted by molar-refractivity contribution is 4.95. The van der Waals surface area contributed by atoms with Gasteiger partial charge in [-0.1, -0.05) is 6.92 Å². The van der Waals surface area contributed by atoms with Crippen LogP contribution in [0.2, 0.25) is 0 Å². The summed E-state index contributed by atoms with van der Waals surface area (Å²) >= 11 is 0. The van der Waals surface area contributed by atoms with Gasteiger partial charge in [-0.3, -0.25) is 4.90 Å². The van der Waals surface area contributed by atoms with E-state index in [1.54, 1.807) is 0 Å². The Kier molecular flexibility index (Phi) is 2.37. The van der Waals surface area contributed by atoms with E-state index in [-0.39, 0.29) is 6.10 Å². The van der Waals surface area contributed by atoms with Crippen LogP contribution in [0.4, 0.5) is 0 Å². The zero-order valence-electron chi connectivity index (χ0n) is 7.87. The van der Waals surface area contributed by atoms with E-state index in [0.717, 1.165) is 25.0 Å². The van der Waals surface area contributed by atoms with Crippen molar-refractivity contribution in [2.75, 3.05) is 6.54 Å². The molecule has 0 saturated carbocycles. The van der Waals surface area contributed by atoms with Gasteiger partial charge in [0.25, 0.3) is 0 Å². The third-order valence-corrected chi connectivity index (χ3v) is 3.50. The second-order valence-corrected chi connectivity index (χ2v) is 4.22. The topological polar surface area (TPSA) is 23.5 Å². The summed E-state index contributed by atoms with van der Waals surface area (Å²) in [4.78, 5) is 2.54. The molecule has 2 rings (SSSR count). The second-order valence-electron chi connectivity index (χ2n) is 4.22. The summed E-state index contributed by atoms with van der Waals surface area (Å²) in [6.07, 6.45) is 6.31. The molecule has 2 aliphatic heterocycles. The highest BCUT2D eigenvalue weighted by atomic mass is 16.3. The van der Waals surface area contributed by atoms with Gasteiger partial charge in [-0.05, 0) is 32.1 Å². The lowest BCUT2D eigenvalue weighted by molar-refractivity contribution is 0.101. The van der Waals surface area contributed by atoms with Gasteiger partial charge in [-0.15, -0.1) is 0 Å². The van der Waals surface area contributed by atoms with Crippen LogP contribution in [0.1, 0.15) is 39.0 Å². The molecule has 12 heavy (non-hydrogen) atoms. The third-order valence-electron chi connectivity index (χ3n) is 3.50. The van der Waals surface area contributed by atoms with Gasteiger partial charge in [-0.25, -0.2) is 0 Å². The summed E-state index contributed by atoms with van der Waals surface area (Å²) < 4.78 is 0. The minimum absolute atomic E-state index is 0.0915. The fourth-order valence-electron chi connectivity index (χ4n) is 2.69. The van der Waals surface area contributed by atoms with Crippen molar-refractivity contribution in [2.24, 2.45) is 0 Å². The lowest BCUT2D eigenvalue weighted by Crippen LogP contribution is -2.35. The van der Waals surface area contributed by atoms with Crippen LogP contribution in [-0.4, -0.2) is 34.7 Å². The molecule has 2 heteroatoms. The van der Waals surface area contributed by atoms with Crippen molar-refractivity contribution in [3.63, 3.8) is 0 Å². The molecule has 2 bridgehead atoms. The molecule has 0 aliphatic carbocycles. The maximum atomic E-state index is 9.54. The predicted octanol–water partition coefficient (Wildman–Crippen LogP) is 1.38. The van der Waals surface area contributed by atoms with Crippen molar-refractivity contribution in [3.8, 4) is 0 Å². The van der Waals surface area contributed by atoms with Crippen LogP contribution in [0.5, 0.6) is 0 Å². The highest BCUT2D eigenvalue weighted by Gasteiger charge is 2.39. The molecule has 0 unspecified atom stereocenters. The molecule has 0 aromatic heterocycles. The smallest absolute Gasteiger partial charge is 0.0664 e. The Balaban J connectivity index is 1.88. The van der Waals surface area contributed by atoms with E-state index in [1.807, 2.05) is 0 Å². The fraction of sp³-hybridized carbons (Fsp3) is 1.00. The SMILES string of the molecule is CC[C@@H](O)CN1C2CCC1CC2. The summed E-state index contributed by atoms with van der Waals surface area (Å²) in [6.45, 7) is 2.98. The first-order chi connectivity index (χ1) is 5.81. The molecular formula is C10H19NO. The van der Waals surface area contributed by atoms with Crippen LogP contribution in [-0.2, 0) is 0 Å². The van der Waals surface area contributed by atoms with Crippen LogP contribution in [0.3, 0.4) is 0 Å². The molecule has 0 radical (unpaired) electrons. The van der Waals surface area contributed by atoms with Crippen LogP contribution < -0.4 is 0 Å². The van der Waals surface area contributed by atoms with Crippen LogP contribution in [0.15, 0.2) is 0 Å². The van der Waals surface area contributed by atoms with Crippen LogP contribution >= 0.6 is 0 Å². The van der Waals surface area contributed by atoms with Crippen molar-refractivity contribution >= 4 is 0 Å². The summed E-state index contributed by atoms with van der Waals surface area (Å²) in [6, 6.07) is 1.63. The number of hydrogen-bond donors (Lipinski definition) is 1. The monoisotopic (exact) mass is 169 g/mol. The Morgan fingerprint density at radius 1 is 1.25 bits per heavy atom. The zero-order chi connectivity index (χ0) is 8.55. The quantitative estimate of drug-likeness (QED) is 0.690. The van der Waals surface area contributed by atoms with E-state index < -0.39 is 0 Å². The molecule has 1 atom stereocenters. The zero-order valence-corrected chi connectivity index (χ0v) is 7.87. The molecule has 70 valence electrons. The first-order valence-corrected chi connectivity index (χ1v) is 5.25. The molecule has 2 saturated heterocycles. The Morgan fingerprint density at radius 2 is 1.75 bits per heavy atom. The number of fused-ring (bicyclic) bond motifs is 2. The minimum Gasteiger partial charge on any atom is -0.392 e. The molecule has 2 heterocycles. The van der Waals surface area contributed by atoms with E-state index in [2.05, 4.69) is 11.8 Å². The van der Waals surface area contributed by atoms with E-state index in [9.17, 15) is 5.11 Å². The Morgan fingerprint density at radius 3 is 2.17 bits per heavy atom. The molecule has 0 aromatic rings. The number of aliphatic hydroxyl groups excluding tert-OH is 1. The first-order valence-electron chi connectivity index (χ1n) is 5.25. The van der Waals surface area contributed by atoms with Gasteiger partial charge in [0.1, 0.15) is 0 Å². The summed E-state index contributed by atoms with van der Waals surface area (Å²) in [5.41, 5.74) is 0. The Labute approximate surface area is 74.6 Å². The van der Waals surface area contributed by atoms with Crippen LogP contribution in [0, 0.1) is 0 Å². The lowest BCUT2D eigenvalue weighted by Gasteiger charge is -2.23. The van der Waals surface area contributed by atoms with Crippen molar-refractivity contribution in [1.82, 2.24) is 4.90 Å². The Hall–Kier alpha value is -0.0800. The average molecular weight is 169 g/mol. The molecule has 0 aromatic carbocycles. The molecule has 2 aliphatic rings. The third kappa shape index (κ3) is 1.38. The molecule has 2 fully saturated rings. The molecule has 2 nitrogen and oxygen atoms in total. The van der Waals surface area contributed by atoms with Gasteiger partial charge >= 0.3 is 0 Å². The van der Waals surface area contributed by atoms with Gasteiger partial charge in [0, 0.05) is 18.6 Å². The van der Waals surface area contributed by atoms with Gasteiger partial charge in [-0.2, -0.15) is 0 Å². The van der Waals surface area contributed by atoms with Gasteiger partial charge in [0.05, 0.1) is 6.10 Å². The number of hydrogen-bond acceptors (Lipinski definition) is 2. The first kappa shape index (κ1) is 8.52. The minimum atomic E-state index is -0.0915. The van der Waals surface area contributed by atoms with Crippen molar-refractivity contribution in [1.29, 1.82) is 0 Å². The van der Waals surface area contributed by atoms with Gasteiger partial charge < -0.3 is 5.11 Å². The summed E-state index contributed by atoms with van der Waals surface area (Å²) in [5, 5.41) is 9.54. The molecule has 0 spiro atoms. The predicted molar refractivity (Wildman–Crippen MR) is 49.0 cm³/mol. The number of rotatable bonds is 3. The van der Waals surface area contributed by atoms with Gasteiger partial charge in [0.15, 0.2) is 0 Å². The second kappa shape index (κ2) is 3.35. The maximum absolute atomic E-state index is 9.54. The lowest BCUT2D eigenvalue weighted by atomic mass is 10.0. The van der Waals surface area contributed by atoms with E-state index >= 15 is 0 Å². The summed E-state index contributed by atoms with van der Waals surface area (Å²) in [7, 11) is 0. The van der Waals surface area contributed by atoms with Crippen molar-refractivity contribution in [3.05, 3.63) is 0 Å². The maximum Gasteiger partial charge on any atom is 0.0664 e. The molecule has 1 N–H and O–H groups in total. The van der Waals surface area contributed by atoms with E-state index in [0.29, 0.717) is 0 Å². The number of nitrogens with zero attached hydrogens (tertiary/aromatic N) is 1. The fourth-order valence-corrected chi connectivity index (χ4v) is 2.69. The molecule has 0 amide bonds. The van der Waals surface area contributed by atoms with Crippen LogP contribution in [0.25, 0.3) is 0 Å². The van der Waals surface area contributed by atoms with Gasteiger partial charge in [0.2, 0.25) is 0 Å². The highest BCUT2D eigenvalue weighted by Crippen LogP contribution is 2.37. The normalized spacial score (nSPS) is 37.5. The van der Waals surface area contributed by atoms with E-state index in [1.165, 1.54) is 25.7 Å². The Bertz CT molecular complexity index is 140.